The molecule has 0 atom stereocenters. The number of fused-ring (bicyclic) bond motifs is 1. The van der Waals surface area contributed by atoms with E-state index in [1.54, 1.807) is 0 Å². The maximum Gasteiger partial charge on any atom is 2.00 e. The van der Waals surface area contributed by atoms with E-state index in [0.717, 1.165) is 57.1 Å². The third-order valence-electron chi connectivity index (χ3n) is 7.24. The molecule has 5 aromatic rings. The molecule has 43 heavy (non-hydrogen) atoms. The summed E-state index contributed by atoms with van der Waals surface area (Å²) in [6.45, 7) is 5.27. The van der Waals surface area contributed by atoms with Crippen molar-refractivity contribution in [1.29, 1.82) is 0 Å². The first kappa shape index (κ1) is 32.0. The second kappa shape index (κ2) is 16.6. The number of hydrogen-bond donors (Lipinski definition) is 0. The molecule has 0 aliphatic rings. The third kappa shape index (κ3) is 10.1. The Morgan fingerprint density at radius 3 is 1.79 bits per heavy atom. The number of aliphatic imine (C=N–C) groups is 1. The Balaban J connectivity index is 0.00000423. The normalized spacial score (nSPS) is 11.0. The molecule has 214 valence electrons. The van der Waals surface area contributed by atoms with Crippen LogP contribution in [0.25, 0.3) is 22.2 Å². The number of nitrogens with one attached hydrogen (secondary N) is 2. The van der Waals surface area contributed by atoms with E-state index in [1.165, 1.54) is 27.5 Å². The Morgan fingerprint density at radius 2 is 1.19 bits per heavy atom. The number of guanidine groups is 1. The first-order valence-corrected chi connectivity index (χ1v) is 14.4. The maximum absolute atomic E-state index is 7.30. The maximum atomic E-state index is 7.30. The minimum absolute atomic E-state index is 0. The van der Waals surface area contributed by atoms with E-state index in [4.69, 9.17) is 11.5 Å². The molecule has 2 heterocycles. The fourth-order valence-electron chi connectivity index (χ4n) is 5.25. The van der Waals surface area contributed by atoms with Crippen molar-refractivity contribution in [2.75, 3.05) is 13.1 Å². The molecule has 0 amide bonds. The van der Waals surface area contributed by atoms with Gasteiger partial charge in [-0.25, -0.2) is 0 Å². The van der Waals surface area contributed by atoms with Crippen molar-refractivity contribution in [3.8, 4) is 0 Å². The van der Waals surface area contributed by atoms with Gasteiger partial charge in [0, 0.05) is 45.1 Å². The summed E-state index contributed by atoms with van der Waals surface area (Å²) < 4.78 is 0. The summed E-state index contributed by atoms with van der Waals surface area (Å²) in [6, 6.07) is 36.0. The minimum Gasteiger partial charge on any atom is -0.567 e. The van der Waals surface area contributed by atoms with Crippen LogP contribution >= 0.6 is 0 Å². The monoisotopic (exact) mass is 619 g/mol. The average Bonchev–Trinajstić information content (AvgIpc) is 3.01. The van der Waals surface area contributed by atoms with Gasteiger partial charge in [-0.3, -0.25) is 19.8 Å². The van der Waals surface area contributed by atoms with Crippen molar-refractivity contribution >= 4 is 16.7 Å². The zero-order valence-corrected chi connectivity index (χ0v) is 27.5. The van der Waals surface area contributed by atoms with Gasteiger partial charge in [-0.2, -0.15) is 5.96 Å². The fraction of sp³-hybridized carbons (Fsp3) is 0.229. The molecule has 2 N–H and O–H groups in total. The predicted molar refractivity (Wildman–Crippen MR) is 171 cm³/mol. The smallest absolute Gasteiger partial charge is 0.567 e. The Hall–Kier alpha value is -3.97. The van der Waals surface area contributed by atoms with Gasteiger partial charge < -0.3 is 16.5 Å². The second-order valence-electron chi connectivity index (χ2n) is 10.5. The van der Waals surface area contributed by atoms with Crippen LogP contribution in [-0.2, 0) is 52.2 Å². The van der Waals surface area contributed by atoms with Gasteiger partial charge in [0.25, 0.3) is 0 Å². The molecule has 2 aromatic heterocycles. The van der Waals surface area contributed by atoms with Gasteiger partial charge in [-0.1, -0.05) is 85.4 Å². The number of aromatic nitrogens is 2. The molecular formula is C35H37N7Zn. The van der Waals surface area contributed by atoms with Gasteiger partial charge in [0.1, 0.15) is 0 Å². The van der Waals surface area contributed by atoms with Crippen LogP contribution in [0.15, 0.2) is 121 Å². The van der Waals surface area contributed by atoms with Crippen LogP contribution in [0.1, 0.15) is 34.5 Å². The van der Waals surface area contributed by atoms with Gasteiger partial charge in [0.15, 0.2) is 0 Å². The van der Waals surface area contributed by atoms with Crippen LogP contribution < -0.4 is 0 Å². The molecule has 3 aromatic carbocycles. The Labute approximate surface area is 267 Å². The second-order valence-corrected chi connectivity index (χ2v) is 10.5. The van der Waals surface area contributed by atoms with Crippen LogP contribution in [0.2, 0.25) is 0 Å². The van der Waals surface area contributed by atoms with E-state index >= 15 is 0 Å². The molecule has 0 radical (unpaired) electrons. The number of hydrogen-bond acceptors (Lipinski definition) is 5. The molecule has 0 saturated heterocycles. The van der Waals surface area contributed by atoms with Gasteiger partial charge in [-0.05, 0) is 64.7 Å². The summed E-state index contributed by atoms with van der Waals surface area (Å²) in [5.74, 6) is -0.355. The summed E-state index contributed by atoms with van der Waals surface area (Å²) in [7, 11) is 0. The molecular weight excluding hydrogens is 584 g/mol. The van der Waals surface area contributed by atoms with E-state index < -0.39 is 0 Å². The molecule has 0 bridgehead atoms. The van der Waals surface area contributed by atoms with Crippen molar-refractivity contribution in [3.63, 3.8) is 0 Å². The summed E-state index contributed by atoms with van der Waals surface area (Å²) in [6.07, 6.45) is 4.50. The third-order valence-corrected chi connectivity index (χ3v) is 7.24. The molecule has 0 fully saturated rings. The van der Waals surface area contributed by atoms with Crippen molar-refractivity contribution < 1.29 is 19.5 Å². The van der Waals surface area contributed by atoms with Crippen molar-refractivity contribution in [1.82, 2.24) is 19.8 Å². The van der Waals surface area contributed by atoms with E-state index in [9.17, 15) is 0 Å². The number of benzene rings is 3. The van der Waals surface area contributed by atoms with Crippen LogP contribution in [0.5, 0.6) is 0 Å². The Kier molecular flexibility index (Phi) is 12.3. The van der Waals surface area contributed by atoms with Crippen LogP contribution in [-0.4, -0.2) is 38.8 Å². The number of rotatable bonds is 14. The summed E-state index contributed by atoms with van der Waals surface area (Å²) in [4.78, 5) is 17.9. The van der Waals surface area contributed by atoms with E-state index in [0.29, 0.717) is 6.54 Å². The summed E-state index contributed by atoms with van der Waals surface area (Å²) >= 11 is 0. The summed E-state index contributed by atoms with van der Waals surface area (Å²) in [5, 5.41) is 2.52. The SMILES string of the molecule is [NH-]C([NH-])=NCCCN(Cc1ccc(CN(Cc2ccccn2)Cc2ccccn2)cc1)Cc1cccc2ccccc12.[Zn+2]. The van der Waals surface area contributed by atoms with Crippen molar-refractivity contribution in [2.24, 2.45) is 4.99 Å². The minimum atomic E-state index is -0.355. The zero-order valence-electron chi connectivity index (χ0n) is 24.6. The van der Waals surface area contributed by atoms with Crippen molar-refractivity contribution in [3.05, 3.63) is 155 Å². The fourth-order valence-corrected chi connectivity index (χ4v) is 5.25. The molecule has 8 heteroatoms. The molecule has 5 rings (SSSR count). The van der Waals surface area contributed by atoms with Gasteiger partial charge in [0.05, 0.1) is 11.4 Å². The molecule has 0 spiro atoms. The van der Waals surface area contributed by atoms with Crippen LogP contribution in [0.3, 0.4) is 0 Å². The van der Waals surface area contributed by atoms with Gasteiger partial charge in [-0.15, -0.1) is 0 Å². The quantitative estimate of drug-likeness (QED) is 0.0551. The molecule has 7 nitrogen and oxygen atoms in total. The molecule has 0 saturated carbocycles. The van der Waals surface area contributed by atoms with Crippen LogP contribution in [0, 0.1) is 0 Å². The van der Waals surface area contributed by atoms with Crippen LogP contribution in [0.4, 0.5) is 0 Å². The topological polar surface area (TPSA) is 92.2 Å². The van der Waals surface area contributed by atoms with E-state index in [-0.39, 0.29) is 25.4 Å². The first-order chi connectivity index (χ1) is 20.6. The average molecular weight is 621 g/mol. The standard InChI is InChI=1S/C35H37N7.Zn/c36-35(37)40-21-8-22-41(25-31-11-7-10-30-9-1-2-14-34(30)31)23-28-15-17-29(18-16-28)24-42(26-32-12-3-5-19-38-32)27-33-13-4-6-20-39-33;/h1-7,9-20H,8,21-27H2,(H2-2,36,37,40);/q-2;+2. The van der Waals surface area contributed by atoms with Gasteiger partial charge >= 0.3 is 19.5 Å². The first-order valence-electron chi connectivity index (χ1n) is 14.4. The summed E-state index contributed by atoms with van der Waals surface area (Å²) in [5.41, 5.74) is 20.5. The zero-order chi connectivity index (χ0) is 29.0. The number of nitrogens with zero attached hydrogens (tertiary/aromatic N) is 5. The predicted octanol–water partition coefficient (Wildman–Crippen LogP) is 7.68. The van der Waals surface area contributed by atoms with Gasteiger partial charge in [0.2, 0.25) is 0 Å². The number of pyridine rings is 2. The molecule has 0 aliphatic carbocycles. The van der Waals surface area contributed by atoms with E-state index in [1.807, 2.05) is 36.7 Å². The Bertz CT molecular complexity index is 1510. The van der Waals surface area contributed by atoms with Crippen molar-refractivity contribution in [2.45, 2.75) is 39.1 Å². The molecule has 0 aliphatic heterocycles. The largest absolute Gasteiger partial charge is 2.00 e. The molecule has 0 unspecified atom stereocenters. The van der Waals surface area contributed by atoms with E-state index in [2.05, 4.69) is 104 Å². The Morgan fingerprint density at radius 1 is 0.605 bits per heavy atom.